The van der Waals surface area contributed by atoms with Gasteiger partial charge in [0.25, 0.3) is 0 Å². The minimum Gasteiger partial charge on any atom is -0.508 e. The summed E-state index contributed by atoms with van der Waals surface area (Å²) in [5, 5.41) is 13.3. The largest absolute Gasteiger partial charge is 0.508 e. The zero-order valence-electron chi connectivity index (χ0n) is 18.5. The number of hydrogen-bond donors (Lipinski definition) is 2. The van der Waals surface area contributed by atoms with Crippen LogP contribution in [0.4, 0.5) is 0 Å². The van der Waals surface area contributed by atoms with Crippen molar-refractivity contribution in [2.24, 2.45) is 11.8 Å². The van der Waals surface area contributed by atoms with E-state index in [1.807, 2.05) is 13.8 Å². The lowest BCUT2D eigenvalue weighted by atomic mass is 9.69. The first-order chi connectivity index (χ1) is 14.7. The van der Waals surface area contributed by atoms with Crippen LogP contribution in [-0.2, 0) is 23.9 Å². The molecule has 2 aliphatic rings. The molecule has 0 saturated heterocycles. The van der Waals surface area contributed by atoms with Gasteiger partial charge >= 0.3 is 11.9 Å². The van der Waals surface area contributed by atoms with Gasteiger partial charge in [0.2, 0.25) is 0 Å². The number of phenols is 1. The van der Waals surface area contributed by atoms with Gasteiger partial charge in [-0.2, -0.15) is 0 Å². The minimum absolute atomic E-state index is 0.0200. The summed E-state index contributed by atoms with van der Waals surface area (Å²) in [6, 6.07) is 6.47. The van der Waals surface area contributed by atoms with Crippen molar-refractivity contribution < 1.29 is 29.0 Å². The maximum Gasteiger partial charge on any atom is 0.337 e. The van der Waals surface area contributed by atoms with Crippen LogP contribution in [0, 0.1) is 11.8 Å². The number of Topliss-reactive ketones (excluding diaryl/α,β-unsaturated/α-hetero) is 1. The average Bonchev–Trinajstić information content (AvgIpc) is 2.72. The summed E-state index contributed by atoms with van der Waals surface area (Å²) in [5.41, 5.74) is 2.51. The van der Waals surface area contributed by atoms with Crippen molar-refractivity contribution >= 4 is 17.7 Å². The summed E-state index contributed by atoms with van der Waals surface area (Å²) in [6.45, 7) is 7.33. The summed E-state index contributed by atoms with van der Waals surface area (Å²) in [6.07, 6.45) is 0.816. The molecule has 3 rings (SSSR count). The number of allylic oxidation sites excluding steroid dienone is 3. The molecule has 0 spiro atoms. The number of nitrogens with one attached hydrogen (secondary N) is 1. The van der Waals surface area contributed by atoms with Gasteiger partial charge in [0, 0.05) is 22.9 Å². The minimum atomic E-state index is -0.949. The Morgan fingerprint density at radius 3 is 2.65 bits per heavy atom. The summed E-state index contributed by atoms with van der Waals surface area (Å²) in [5.74, 6) is -3.43. The van der Waals surface area contributed by atoms with Crippen molar-refractivity contribution in [3.8, 4) is 5.75 Å². The molecule has 1 aromatic carbocycles. The summed E-state index contributed by atoms with van der Waals surface area (Å²) >= 11 is 0. The zero-order valence-corrected chi connectivity index (χ0v) is 18.5. The number of carbonyl (C=O) groups is 3. The van der Waals surface area contributed by atoms with E-state index in [4.69, 9.17) is 9.47 Å². The van der Waals surface area contributed by atoms with Crippen LogP contribution in [0.5, 0.6) is 5.75 Å². The van der Waals surface area contributed by atoms with E-state index in [1.54, 1.807) is 26.0 Å². The number of ketones is 1. The third kappa shape index (κ3) is 4.22. The number of dihydropyridines is 1. The Labute approximate surface area is 182 Å². The predicted molar refractivity (Wildman–Crippen MR) is 114 cm³/mol. The van der Waals surface area contributed by atoms with Crippen LogP contribution in [0.15, 0.2) is 46.8 Å². The van der Waals surface area contributed by atoms with Crippen LogP contribution in [0.25, 0.3) is 0 Å². The molecule has 166 valence electrons. The highest BCUT2D eigenvalue weighted by molar-refractivity contribution is 6.12. The van der Waals surface area contributed by atoms with E-state index in [1.165, 1.54) is 19.2 Å². The topological polar surface area (TPSA) is 102 Å². The molecular formula is C24H29NO6. The van der Waals surface area contributed by atoms with E-state index in [-0.39, 0.29) is 23.6 Å². The molecule has 2 N–H and O–H groups in total. The van der Waals surface area contributed by atoms with Crippen molar-refractivity contribution in [2.75, 3.05) is 7.11 Å². The van der Waals surface area contributed by atoms with E-state index in [0.717, 1.165) is 0 Å². The zero-order chi connectivity index (χ0) is 22.9. The Morgan fingerprint density at radius 2 is 2.03 bits per heavy atom. The number of carbonyl (C=O) groups excluding carboxylic acids is 3. The number of esters is 2. The summed E-state index contributed by atoms with van der Waals surface area (Å²) < 4.78 is 10.5. The van der Waals surface area contributed by atoms with Crippen LogP contribution in [0.1, 0.15) is 52.0 Å². The van der Waals surface area contributed by atoms with E-state index in [2.05, 4.69) is 5.32 Å². The van der Waals surface area contributed by atoms with Crippen molar-refractivity contribution in [2.45, 2.75) is 52.6 Å². The molecule has 1 aliphatic heterocycles. The first kappa shape index (κ1) is 22.6. The molecule has 0 radical (unpaired) electrons. The highest BCUT2D eigenvalue weighted by atomic mass is 16.5. The maximum absolute atomic E-state index is 13.6. The van der Waals surface area contributed by atoms with E-state index >= 15 is 0 Å². The quantitative estimate of drug-likeness (QED) is 0.549. The SMILES string of the molecule is CC[C@H](C)OC(=O)C1=C(C)NC2=C(C(=O)[C@H](C(=O)OC)[C@H](C)C2)[C@H]1c1cccc(O)c1. The molecule has 0 amide bonds. The Hall–Kier alpha value is -3.09. The summed E-state index contributed by atoms with van der Waals surface area (Å²) in [7, 11) is 1.26. The van der Waals surface area contributed by atoms with Crippen LogP contribution in [-0.4, -0.2) is 36.0 Å². The second-order valence-electron chi connectivity index (χ2n) is 8.25. The van der Waals surface area contributed by atoms with Crippen molar-refractivity contribution in [3.05, 3.63) is 52.4 Å². The van der Waals surface area contributed by atoms with E-state index < -0.39 is 23.8 Å². The van der Waals surface area contributed by atoms with Gasteiger partial charge in [0.15, 0.2) is 5.78 Å². The molecule has 7 heteroatoms. The number of aromatic hydroxyl groups is 1. The summed E-state index contributed by atoms with van der Waals surface area (Å²) in [4.78, 5) is 39.1. The Morgan fingerprint density at radius 1 is 1.32 bits per heavy atom. The normalized spacial score (nSPS) is 24.3. The van der Waals surface area contributed by atoms with Crippen LogP contribution in [0.3, 0.4) is 0 Å². The third-order valence-corrected chi connectivity index (χ3v) is 6.05. The lowest BCUT2D eigenvalue weighted by Gasteiger charge is -2.38. The standard InChI is InChI=1S/C24H29NO6/c1-6-13(3)31-24(29)19-14(4)25-17-10-12(2)18(23(28)30-5)22(27)21(17)20(19)15-8-7-9-16(26)11-15/h7-9,11-13,18,20,25-26H,6,10H2,1-5H3/t12-,13+,18-,20+/m1/s1. The number of ether oxygens (including phenoxy) is 2. The van der Waals surface area contributed by atoms with Gasteiger partial charge in [-0.05, 0) is 50.3 Å². The lowest BCUT2D eigenvalue weighted by molar-refractivity contribution is -0.151. The fraction of sp³-hybridized carbons (Fsp3) is 0.458. The fourth-order valence-electron chi connectivity index (χ4n) is 4.32. The van der Waals surface area contributed by atoms with E-state index in [9.17, 15) is 19.5 Å². The lowest BCUT2D eigenvalue weighted by Crippen LogP contribution is -2.43. The Balaban J connectivity index is 2.17. The Bertz CT molecular complexity index is 976. The molecule has 0 bridgehead atoms. The van der Waals surface area contributed by atoms with E-state index in [0.29, 0.717) is 40.9 Å². The second-order valence-corrected chi connectivity index (χ2v) is 8.25. The molecule has 1 aliphatic carbocycles. The van der Waals surface area contributed by atoms with Crippen LogP contribution >= 0.6 is 0 Å². The number of phenolic OH excluding ortho intramolecular Hbond substituents is 1. The molecular weight excluding hydrogens is 398 g/mol. The molecule has 1 heterocycles. The number of hydrogen-bond acceptors (Lipinski definition) is 7. The molecule has 7 nitrogen and oxygen atoms in total. The first-order valence-corrected chi connectivity index (χ1v) is 10.5. The number of benzene rings is 1. The van der Waals surface area contributed by atoms with Gasteiger partial charge < -0.3 is 19.9 Å². The highest BCUT2D eigenvalue weighted by Crippen LogP contribution is 2.46. The molecule has 0 saturated carbocycles. The maximum atomic E-state index is 13.6. The Kier molecular flexibility index (Phi) is 6.53. The molecule has 1 aromatic rings. The van der Waals surface area contributed by atoms with Gasteiger partial charge in [0.05, 0.1) is 18.8 Å². The fourth-order valence-corrected chi connectivity index (χ4v) is 4.32. The van der Waals surface area contributed by atoms with Crippen LogP contribution < -0.4 is 5.32 Å². The van der Waals surface area contributed by atoms with Gasteiger partial charge in [-0.3, -0.25) is 9.59 Å². The van der Waals surface area contributed by atoms with Gasteiger partial charge in [-0.15, -0.1) is 0 Å². The number of rotatable bonds is 5. The molecule has 0 unspecified atom stereocenters. The second kappa shape index (κ2) is 8.96. The van der Waals surface area contributed by atoms with Crippen LogP contribution in [0.2, 0.25) is 0 Å². The highest BCUT2D eigenvalue weighted by Gasteiger charge is 2.47. The predicted octanol–water partition coefficient (Wildman–Crippen LogP) is 3.35. The molecule has 31 heavy (non-hydrogen) atoms. The third-order valence-electron chi connectivity index (χ3n) is 6.05. The number of methoxy groups -OCH3 is 1. The van der Waals surface area contributed by atoms with Crippen molar-refractivity contribution in [1.82, 2.24) is 5.32 Å². The first-order valence-electron chi connectivity index (χ1n) is 10.5. The van der Waals surface area contributed by atoms with Crippen molar-refractivity contribution in [1.29, 1.82) is 0 Å². The average molecular weight is 427 g/mol. The molecule has 0 aromatic heterocycles. The smallest absolute Gasteiger partial charge is 0.337 e. The van der Waals surface area contributed by atoms with Crippen molar-refractivity contribution in [3.63, 3.8) is 0 Å². The van der Waals surface area contributed by atoms with Gasteiger partial charge in [0.1, 0.15) is 11.7 Å². The monoisotopic (exact) mass is 427 g/mol. The molecule has 4 atom stereocenters. The van der Waals surface area contributed by atoms with Gasteiger partial charge in [-0.25, -0.2) is 4.79 Å². The van der Waals surface area contributed by atoms with Gasteiger partial charge in [-0.1, -0.05) is 26.0 Å². The molecule has 0 fully saturated rings.